The summed E-state index contributed by atoms with van der Waals surface area (Å²) in [5.41, 5.74) is 0.0672. The second-order valence-electron chi connectivity index (χ2n) is 6.38. The molecule has 0 saturated carbocycles. The quantitative estimate of drug-likeness (QED) is 0.848. The molecule has 2 fully saturated rings. The lowest BCUT2D eigenvalue weighted by Gasteiger charge is -2.37. The van der Waals surface area contributed by atoms with Crippen molar-refractivity contribution >= 4 is 17.8 Å². The van der Waals surface area contributed by atoms with Gasteiger partial charge in [-0.1, -0.05) is 12.1 Å². The van der Waals surface area contributed by atoms with E-state index in [0.717, 1.165) is 10.5 Å². The van der Waals surface area contributed by atoms with Crippen molar-refractivity contribution in [3.05, 3.63) is 35.6 Å². The number of nitrogens with one attached hydrogen (secondary N) is 1. The lowest BCUT2D eigenvalue weighted by Crippen LogP contribution is -2.55. The number of hydrogen-bond donors (Lipinski definition) is 1. The highest BCUT2D eigenvalue weighted by molar-refractivity contribution is 6.06. The van der Waals surface area contributed by atoms with Crippen LogP contribution in [-0.4, -0.2) is 53.3 Å². The Morgan fingerprint density at radius 3 is 2.38 bits per heavy atom. The van der Waals surface area contributed by atoms with Crippen LogP contribution in [0.2, 0.25) is 0 Å². The Hall–Kier alpha value is -2.44. The molecule has 2 saturated heterocycles. The Morgan fingerprint density at radius 2 is 1.83 bits per heavy atom. The lowest BCUT2D eigenvalue weighted by molar-refractivity contribution is -0.138. The van der Waals surface area contributed by atoms with Crippen molar-refractivity contribution in [1.29, 1.82) is 0 Å². The zero-order chi connectivity index (χ0) is 17.3. The first-order valence-electron chi connectivity index (χ1n) is 8.04. The Morgan fingerprint density at radius 1 is 1.21 bits per heavy atom. The van der Waals surface area contributed by atoms with Crippen LogP contribution in [0.25, 0.3) is 0 Å². The molecule has 24 heavy (non-hydrogen) atoms. The second-order valence-corrected chi connectivity index (χ2v) is 6.38. The fraction of sp³-hybridized carbons (Fsp3) is 0.471. The maximum atomic E-state index is 12.9. The van der Waals surface area contributed by atoms with Gasteiger partial charge in [-0.2, -0.15) is 0 Å². The topological polar surface area (TPSA) is 69.7 Å². The van der Waals surface area contributed by atoms with Gasteiger partial charge in [-0.15, -0.1) is 0 Å². The number of likely N-dealkylation sites (N-methyl/N-ethyl adjacent to an activating group) is 1. The van der Waals surface area contributed by atoms with Gasteiger partial charge in [0.1, 0.15) is 11.4 Å². The third-order valence-electron chi connectivity index (χ3n) is 4.88. The van der Waals surface area contributed by atoms with Crippen LogP contribution in [0, 0.1) is 5.82 Å². The number of urea groups is 1. The average molecular weight is 333 g/mol. The molecule has 2 heterocycles. The molecule has 3 rings (SSSR count). The number of halogens is 1. The summed E-state index contributed by atoms with van der Waals surface area (Å²) >= 11 is 0. The Labute approximate surface area is 139 Å². The van der Waals surface area contributed by atoms with Crippen LogP contribution in [0.3, 0.4) is 0 Å². The van der Waals surface area contributed by atoms with Gasteiger partial charge >= 0.3 is 6.03 Å². The van der Waals surface area contributed by atoms with Gasteiger partial charge in [-0.25, -0.2) is 9.18 Å². The van der Waals surface area contributed by atoms with E-state index in [9.17, 15) is 18.8 Å². The van der Waals surface area contributed by atoms with Crippen molar-refractivity contribution in [3.8, 4) is 0 Å². The molecule has 6 nitrogen and oxygen atoms in total. The lowest BCUT2D eigenvalue weighted by atomic mass is 9.87. The number of carbonyl (C=O) groups is 3. The van der Waals surface area contributed by atoms with Crippen molar-refractivity contribution in [2.75, 3.05) is 20.1 Å². The van der Waals surface area contributed by atoms with Gasteiger partial charge < -0.3 is 10.2 Å². The van der Waals surface area contributed by atoms with E-state index in [-0.39, 0.29) is 23.7 Å². The molecule has 0 bridgehead atoms. The Balaban J connectivity index is 1.53. The number of hydrogen-bond acceptors (Lipinski definition) is 3. The third kappa shape index (κ3) is 2.98. The maximum absolute atomic E-state index is 12.9. The van der Waals surface area contributed by atoms with Gasteiger partial charge in [0.25, 0.3) is 5.91 Å². The SMILES string of the molecule is CN1C(=O)NC2(CCN(C(=O)CCc3ccc(F)cc3)CC2)C1=O. The Kier molecular flexibility index (Phi) is 4.26. The molecule has 0 radical (unpaired) electrons. The number of benzene rings is 1. The predicted octanol–water partition coefficient (Wildman–Crippen LogP) is 1.30. The molecule has 1 aromatic rings. The Bertz CT molecular complexity index is 666. The van der Waals surface area contributed by atoms with E-state index in [1.807, 2.05) is 0 Å². The molecule has 2 aliphatic heterocycles. The summed E-state index contributed by atoms with van der Waals surface area (Å²) in [5.74, 6) is -0.495. The molecule has 2 aliphatic rings. The van der Waals surface area contributed by atoms with E-state index < -0.39 is 5.54 Å². The third-order valence-corrected chi connectivity index (χ3v) is 4.88. The van der Waals surface area contributed by atoms with E-state index in [2.05, 4.69) is 5.32 Å². The highest BCUT2D eigenvalue weighted by atomic mass is 19.1. The number of carbonyl (C=O) groups excluding carboxylic acids is 3. The number of likely N-dealkylation sites (tertiary alicyclic amines) is 1. The van der Waals surface area contributed by atoms with Crippen molar-refractivity contribution in [1.82, 2.24) is 15.1 Å². The highest BCUT2D eigenvalue weighted by Gasteiger charge is 2.51. The van der Waals surface area contributed by atoms with Crippen molar-refractivity contribution in [3.63, 3.8) is 0 Å². The van der Waals surface area contributed by atoms with E-state index in [1.165, 1.54) is 19.2 Å². The summed E-state index contributed by atoms with van der Waals surface area (Å²) in [6, 6.07) is 5.74. The summed E-state index contributed by atoms with van der Waals surface area (Å²) in [5, 5.41) is 2.76. The largest absolute Gasteiger partial charge is 0.342 e. The molecule has 0 aromatic heterocycles. The summed E-state index contributed by atoms with van der Waals surface area (Å²) in [7, 11) is 1.46. The smallest absolute Gasteiger partial charge is 0.324 e. The van der Waals surface area contributed by atoms with Gasteiger partial charge in [0.15, 0.2) is 0 Å². The monoisotopic (exact) mass is 333 g/mol. The van der Waals surface area contributed by atoms with Crippen LogP contribution >= 0.6 is 0 Å². The molecule has 7 heteroatoms. The minimum atomic E-state index is -0.848. The molecule has 0 unspecified atom stereocenters. The standard InChI is InChI=1S/C17H20FN3O3/c1-20-15(23)17(19-16(20)24)8-10-21(11-9-17)14(22)7-4-12-2-5-13(18)6-3-12/h2-3,5-6H,4,7-11H2,1H3,(H,19,24). The first kappa shape index (κ1) is 16.4. The zero-order valence-corrected chi connectivity index (χ0v) is 13.5. The summed E-state index contributed by atoms with van der Waals surface area (Å²) in [6.07, 6.45) is 1.77. The number of amides is 4. The summed E-state index contributed by atoms with van der Waals surface area (Å²) in [6.45, 7) is 0.893. The predicted molar refractivity (Wildman–Crippen MR) is 84.6 cm³/mol. The van der Waals surface area contributed by atoms with Gasteiger partial charge in [-0.05, 0) is 37.0 Å². The first-order valence-corrected chi connectivity index (χ1v) is 8.04. The maximum Gasteiger partial charge on any atom is 0.324 e. The van der Waals surface area contributed by atoms with Gasteiger partial charge in [-0.3, -0.25) is 14.5 Å². The fourth-order valence-corrected chi connectivity index (χ4v) is 3.29. The van der Waals surface area contributed by atoms with Gasteiger partial charge in [0, 0.05) is 26.6 Å². The van der Waals surface area contributed by atoms with E-state index in [1.54, 1.807) is 17.0 Å². The van der Waals surface area contributed by atoms with Gasteiger partial charge in [0.2, 0.25) is 5.91 Å². The average Bonchev–Trinajstić information content (AvgIpc) is 2.79. The molecular formula is C17H20FN3O3. The van der Waals surface area contributed by atoms with Crippen molar-refractivity contribution in [2.45, 2.75) is 31.2 Å². The molecule has 1 aromatic carbocycles. The number of piperidine rings is 1. The van der Waals surface area contributed by atoms with Gasteiger partial charge in [0.05, 0.1) is 0 Å². The van der Waals surface area contributed by atoms with Crippen LogP contribution in [-0.2, 0) is 16.0 Å². The zero-order valence-electron chi connectivity index (χ0n) is 13.5. The summed E-state index contributed by atoms with van der Waals surface area (Å²) < 4.78 is 12.9. The number of aryl methyl sites for hydroxylation is 1. The number of nitrogens with zero attached hydrogens (tertiary/aromatic N) is 2. The minimum Gasteiger partial charge on any atom is -0.342 e. The van der Waals surface area contributed by atoms with E-state index in [0.29, 0.717) is 38.8 Å². The normalized spacial score (nSPS) is 19.8. The number of rotatable bonds is 3. The van der Waals surface area contributed by atoms with Crippen LogP contribution in [0.1, 0.15) is 24.8 Å². The molecule has 1 N–H and O–H groups in total. The van der Waals surface area contributed by atoms with Crippen LogP contribution < -0.4 is 5.32 Å². The second kappa shape index (κ2) is 6.22. The van der Waals surface area contributed by atoms with Crippen molar-refractivity contribution < 1.29 is 18.8 Å². The highest BCUT2D eigenvalue weighted by Crippen LogP contribution is 2.29. The van der Waals surface area contributed by atoms with Crippen LogP contribution in [0.4, 0.5) is 9.18 Å². The number of imide groups is 1. The molecule has 128 valence electrons. The minimum absolute atomic E-state index is 0.0132. The van der Waals surface area contributed by atoms with Crippen molar-refractivity contribution in [2.24, 2.45) is 0 Å². The fourth-order valence-electron chi connectivity index (χ4n) is 3.29. The molecule has 0 aliphatic carbocycles. The molecule has 4 amide bonds. The first-order chi connectivity index (χ1) is 11.4. The summed E-state index contributed by atoms with van der Waals surface area (Å²) in [4.78, 5) is 39.0. The van der Waals surface area contributed by atoms with Crippen LogP contribution in [0.15, 0.2) is 24.3 Å². The molecule has 1 spiro atoms. The van der Waals surface area contributed by atoms with E-state index in [4.69, 9.17) is 0 Å². The molecular weight excluding hydrogens is 313 g/mol. The van der Waals surface area contributed by atoms with E-state index >= 15 is 0 Å². The molecule has 0 atom stereocenters. The van der Waals surface area contributed by atoms with Crippen LogP contribution in [0.5, 0.6) is 0 Å².